The van der Waals surface area contributed by atoms with Crippen LogP contribution in [0.4, 0.5) is 0 Å². The maximum Gasteiger partial charge on any atom is 0.0222 e. The lowest BCUT2D eigenvalue weighted by atomic mass is 9.63. The Bertz CT molecular complexity index is 4260. The molecule has 3 heteroatoms. The fourth-order valence-electron chi connectivity index (χ4n) is 27.7. The van der Waals surface area contributed by atoms with Gasteiger partial charge in [0.25, 0.3) is 0 Å². The maximum atomic E-state index is 4.15. The average Bonchev–Trinajstić information content (AvgIpc) is 1.49. The predicted molar refractivity (Wildman–Crippen MR) is 578 cm³/mol. The minimum absolute atomic E-state index is 0.0328. The third-order valence-corrected chi connectivity index (χ3v) is 35.3. The summed E-state index contributed by atoms with van der Waals surface area (Å²) in [5, 5.41) is 0. The second-order valence-corrected chi connectivity index (χ2v) is 45.2. The monoisotopic (exact) mass is 1930 g/mol. The Labute approximate surface area is 816 Å². The first kappa shape index (κ1) is 102. The lowest BCUT2D eigenvalue weighted by Crippen LogP contribution is -2.31. The summed E-state index contributed by atoms with van der Waals surface area (Å²) in [5.41, 5.74) is 40.4. The molecule has 0 saturated carbocycles. The van der Waals surface area contributed by atoms with E-state index in [0.717, 1.165) is 0 Å². The number of halogens is 3. The molecule has 0 amide bonds. The Morgan fingerprint density at radius 2 is 0.295 bits per heavy atom. The summed E-state index contributed by atoms with van der Waals surface area (Å²) < 4.78 is 3.74. The predicted octanol–water partition coefficient (Wildman–Crippen LogP) is 42.9. The number of fused-ring (bicyclic) bond motifs is 24. The molecule has 0 aliphatic heterocycles. The van der Waals surface area contributed by atoms with Gasteiger partial charge in [-0.3, -0.25) is 0 Å². The SMILES string of the molecule is CCCCCCC1(CCCCCC)c2cc(Br)ccc2-c2c1c1c(c3c2C(CCCCCC)(CCCCCC)c2cc(Br)ccc2-3)C(CCCCCC)(CCCCCC)c2cc(Br)ccc2-1.CCCCCCC1(CCCCCC)c2ccccc2-c2c1c1c(c3c2C(CCCCCC)(CCCCCC)c2ccccc2-3)C(CCCCCC)(CCCCCC)c2ccccc2-1. The average molecular weight is 1930 g/mol. The van der Waals surface area contributed by atoms with Crippen LogP contribution < -0.4 is 0 Å². The highest BCUT2D eigenvalue weighted by Crippen LogP contribution is 2.75. The van der Waals surface area contributed by atoms with Gasteiger partial charge in [-0.05, 0) is 247 Å². The minimum Gasteiger partial charge on any atom is -0.0654 e. The molecular formula is C126H177Br3. The normalized spacial score (nSPS) is 15.5. The number of hydrogen-bond acceptors (Lipinski definition) is 0. The van der Waals surface area contributed by atoms with Gasteiger partial charge in [0, 0.05) is 45.9 Å². The zero-order valence-corrected chi connectivity index (χ0v) is 88.9. The molecule has 0 spiro atoms. The third-order valence-electron chi connectivity index (χ3n) is 33.8. The van der Waals surface area contributed by atoms with Crippen molar-refractivity contribution in [2.45, 2.75) is 501 Å². The van der Waals surface area contributed by atoms with Crippen molar-refractivity contribution in [3.63, 3.8) is 0 Å². The van der Waals surface area contributed by atoms with E-state index in [2.05, 4.69) is 258 Å². The van der Waals surface area contributed by atoms with E-state index in [1.54, 1.807) is 134 Å². The zero-order valence-electron chi connectivity index (χ0n) is 84.2. The highest BCUT2D eigenvalue weighted by atomic mass is 79.9. The highest BCUT2D eigenvalue weighted by Gasteiger charge is 2.61. The topological polar surface area (TPSA) is 0 Å². The summed E-state index contributed by atoms with van der Waals surface area (Å²) in [6, 6.07) is 53.2. The number of hydrogen-bond donors (Lipinski definition) is 0. The minimum atomic E-state index is -0.0363. The van der Waals surface area contributed by atoms with Gasteiger partial charge >= 0.3 is 0 Å². The van der Waals surface area contributed by atoms with E-state index in [1.807, 2.05) is 0 Å². The van der Waals surface area contributed by atoms with Gasteiger partial charge in [-0.2, -0.15) is 0 Å². The van der Waals surface area contributed by atoms with Crippen molar-refractivity contribution in [3.8, 4) is 66.8 Å². The molecule has 0 fully saturated rings. The molecule has 0 N–H and O–H groups in total. The van der Waals surface area contributed by atoms with E-state index in [-0.39, 0.29) is 32.5 Å². The smallest absolute Gasteiger partial charge is 0.0222 e. The summed E-state index contributed by atoms with van der Waals surface area (Å²) in [6.07, 6.45) is 78.2. The lowest BCUT2D eigenvalue weighted by molar-refractivity contribution is 0.389. The number of unbranched alkanes of at least 4 members (excludes halogenated alkanes) is 36. The molecule has 0 nitrogen and oxygen atoms in total. The summed E-state index contributed by atoms with van der Waals surface area (Å²) in [4.78, 5) is 0. The van der Waals surface area contributed by atoms with Crippen molar-refractivity contribution in [3.05, 3.63) is 208 Å². The first-order valence-corrected chi connectivity index (χ1v) is 57.9. The van der Waals surface area contributed by atoms with Crippen LogP contribution in [0.2, 0.25) is 0 Å². The van der Waals surface area contributed by atoms with Crippen LogP contribution >= 0.6 is 47.8 Å². The molecule has 6 aliphatic rings. The Morgan fingerprint density at radius 3 is 0.450 bits per heavy atom. The second kappa shape index (κ2) is 49.3. The summed E-state index contributed by atoms with van der Waals surface area (Å²) in [5.74, 6) is 0. The van der Waals surface area contributed by atoms with Gasteiger partial charge in [-0.15, -0.1) is 0 Å². The molecule has 8 aromatic carbocycles. The molecule has 702 valence electrons. The van der Waals surface area contributed by atoms with Crippen LogP contribution in [-0.2, 0) is 32.5 Å². The summed E-state index contributed by atoms with van der Waals surface area (Å²) in [7, 11) is 0. The van der Waals surface area contributed by atoms with Gasteiger partial charge in [0.15, 0.2) is 0 Å². The zero-order chi connectivity index (χ0) is 90.9. The molecule has 129 heavy (non-hydrogen) atoms. The second-order valence-electron chi connectivity index (χ2n) is 42.4. The fourth-order valence-corrected chi connectivity index (χ4v) is 28.7. The largest absolute Gasteiger partial charge is 0.0654 e. The number of rotatable bonds is 60. The van der Waals surface area contributed by atoms with Crippen LogP contribution in [0.25, 0.3) is 66.8 Å². The molecule has 0 saturated heterocycles. The van der Waals surface area contributed by atoms with Crippen LogP contribution in [0, 0.1) is 0 Å². The van der Waals surface area contributed by atoms with Crippen LogP contribution in [0.15, 0.2) is 141 Å². The molecule has 14 rings (SSSR count). The van der Waals surface area contributed by atoms with Crippen LogP contribution in [0.3, 0.4) is 0 Å². The summed E-state index contributed by atoms with van der Waals surface area (Å²) >= 11 is 12.4. The molecule has 0 radical (unpaired) electrons. The molecular weight excluding hydrogens is 1750 g/mol. The molecule has 0 bridgehead atoms. The van der Waals surface area contributed by atoms with Gasteiger partial charge < -0.3 is 0 Å². The van der Waals surface area contributed by atoms with Gasteiger partial charge in [0.1, 0.15) is 0 Å². The van der Waals surface area contributed by atoms with Gasteiger partial charge in [0.05, 0.1) is 0 Å². The summed E-state index contributed by atoms with van der Waals surface area (Å²) in [6.45, 7) is 28.7. The number of benzene rings is 8. The van der Waals surface area contributed by atoms with Crippen molar-refractivity contribution in [2.75, 3.05) is 0 Å². The van der Waals surface area contributed by atoms with Crippen molar-refractivity contribution in [1.29, 1.82) is 0 Å². The lowest BCUT2D eigenvalue weighted by Gasteiger charge is -2.39. The first-order valence-electron chi connectivity index (χ1n) is 55.5. The molecule has 6 aliphatic carbocycles. The Balaban J connectivity index is 0.000000220. The van der Waals surface area contributed by atoms with E-state index in [9.17, 15) is 0 Å². The van der Waals surface area contributed by atoms with Crippen molar-refractivity contribution in [2.24, 2.45) is 0 Å². The molecule has 0 unspecified atom stereocenters. The first-order chi connectivity index (χ1) is 63.3. The van der Waals surface area contributed by atoms with Crippen molar-refractivity contribution in [1.82, 2.24) is 0 Å². The standard InChI is InChI=1S/C63H87Br3.C63H90/c1-7-13-19-25-37-61(38-26-20-14-8-2)52-43-46(64)31-34-49(52)55-58(61)56-50-35-32-47(65)44-53(50)62(39-27-21-15-9-3,40-28-22-16-10-4)60(56)57-51-36-33-48(66)45-54(51)63(59(55)57,41-29-23-17-11-5)42-30-24-18-12-6;1-7-13-19-31-43-61(44-32-20-14-8-2)52-40-28-25-37-49(52)55-58(61)56-50-38-26-29-41-53(50)62(45-33-21-15-9-3,46-34-22-16-10-4)60(56)57-51-39-27-30-42-54(51)63(59(55)57,47-35-23-17-11-5)48-36-24-18-12-6/h31-36,43-45H,7-30,37-42H2,1-6H3;25-30,37-42H,7-24,31-36,43-48H2,1-6H3. The van der Waals surface area contributed by atoms with Crippen LogP contribution in [-0.4, -0.2) is 0 Å². The van der Waals surface area contributed by atoms with E-state index in [4.69, 9.17) is 0 Å². The van der Waals surface area contributed by atoms with Crippen molar-refractivity contribution >= 4 is 47.8 Å². The van der Waals surface area contributed by atoms with Crippen LogP contribution in [0.1, 0.15) is 535 Å². The van der Waals surface area contributed by atoms with E-state index >= 15 is 0 Å². The molecule has 0 aromatic heterocycles. The van der Waals surface area contributed by atoms with Crippen molar-refractivity contribution < 1.29 is 0 Å². The van der Waals surface area contributed by atoms with Gasteiger partial charge in [-0.25, -0.2) is 0 Å². The molecule has 0 heterocycles. The third kappa shape index (κ3) is 20.8. The highest BCUT2D eigenvalue weighted by molar-refractivity contribution is 9.11. The quantitative estimate of drug-likeness (QED) is 0.0333. The van der Waals surface area contributed by atoms with E-state index < -0.39 is 0 Å². The molecule has 0 atom stereocenters. The van der Waals surface area contributed by atoms with E-state index in [0.29, 0.717) is 0 Å². The Kier molecular flexibility index (Phi) is 38.8. The van der Waals surface area contributed by atoms with Gasteiger partial charge in [-0.1, -0.05) is 530 Å². The van der Waals surface area contributed by atoms with E-state index in [1.165, 1.54) is 399 Å². The molecule has 8 aromatic rings. The van der Waals surface area contributed by atoms with Gasteiger partial charge in [0.2, 0.25) is 0 Å². The fraction of sp³-hybridized carbons (Fsp3) is 0.619. The van der Waals surface area contributed by atoms with Crippen LogP contribution in [0.5, 0.6) is 0 Å². The maximum absolute atomic E-state index is 4.15. The Morgan fingerprint density at radius 1 is 0.155 bits per heavy atom. The Hall–Kier alpha value is -4.80.